The van der Waals surface area contributed by atoms with Crippen LogP contribution in [0.1, 0.15) is 5.56 Å². The van der Waals surface area contributed by atoms with Crippen LogP contribution in [0.5, 0.6) is 0 Å². The molecule has 0 atom stereocenters. The van der Waals surface area contributed by atoms with Gasteiger partial charge in [-0.15, -0.1) is 10.2 Å². The molecule has 0 unspecified atom stereocenters. The number of rotatable bonds is 3. The highest BCUT2D eigenvalue weighted by molar-refractivity contribution is 9.10. The van der Waals surface area contributed by atoms with Gasteiger partial charge in [0.1, 0.15) is 0 Å². The molecule has 0 fully saturated rings. The van der Waals surface area contributed by atoms with Gasteiger partial charge in [0.2, 0.25) is 0 Å². The maximum atomic E-state index is 9.41. The van der Waals surface area contributed by atoms with Gasteiger partial charge in [0.25, 0.3) is 0 Å². The Morgan fingerprint density at radius 1 is 1.21 bits per heavy atom. The maximum absolute atomic E-state index is 9.41. The summed E-state index contributed by atoms with van der Waals surface area (Å²) in [4.78, 5) is 0.976. The van der Waals surface area contributed by atoms with E-state index in [1.165, 1.54) is 11.8 Å². The van der Waals surface area contributed by atoms with E-state index < -0.39 is 0 Å². The molecule has 1 aromatic carbocycles. The van der Waals surface area contributed by atoms with Gasteiger partial charge in [0, 0.05) is 15.6 Å². The highest BCUT2D eigenvalue weighted by Gasteiger charge is 2.10. The summed E-state index contributed by atoms with van der Waals surface area (Å²) in [6.07, 6.45) is 1.93. The third-order valence-corrected chi connectivity index (χ3v) is 4.25. The van der Waals surface area contributed by atoms with Crippen LogP contribution in [0.4, 0.5) is 0 Å². The molecule has 0 amide bonds. The smallest absolute Gasteiger partial charge is 0.200 e. The summed E-state index contributed by atoms with van der Waals surface area (Å²) in [7, 11) is 0. The predicted molar refractivity (Wildman–Crippen MR) is 77.2 cm³/mol. The van der Waals surface area contributed by atoms with Crippen molar-refractivity contribution in [2.24, 2.45) is 0 Å². The van der Waals surface area contributed by atoms with E-state index in [0.717, 1.165) is 25.7 Å². The van der Waals surface area contributed by atoms with Crippen molar-refractivity contribution in [1.82, 2.24) is 14.6 Å². The summed E-state index contributed by atoms with van der Waals surface area (Å²) in [5.41, 5.74) is 1.68. The third-order valence-electron chi connectivity index (χ3n) is 2.68. The second kappa shape index (κ2) is 5.32. The van der Waals surface area contributed by atoms with Crippen LogP contribution in [0, 0.1) is 0 Å². The maximum Gasteiger partial charge on any atom is 0.200 e. The van der Waals surface area contributed by atoms with Gasteiger partial charge in [-0.05, 0) is 47.7 Å². The fourth-order valence-corrected chi connectivity index (χ4v) is 3.09. The molecular formula is C13H10BrN3OS. The van der Waals surface area contributed by atoms with Crippen molar-refractivity contribution in [3.63, 3.8) is 0 Å². The largest absolute Gasteiger partial charge is 0.392 e. The number of halogens is 1. The highest BCUT2D eigenvalue weighted by Crippen LogP contribution is 2.31. The number of hydrogen-bond donors (Lipinski definition) is 1. The van der Waals surface area contributed by atoms with Crippen molar-refractivity contribution in [2.45, 2.75) is 16.7 Å². The van der Waals surface area contributed by atoms with E-state index in [0.29, 0.717) is 0 Å². The van der Waals surface area contributed by atoms with Gasteiger partial charge < -0.3 is 5.11 Å². The molecule has 0 aliphatic heterocycles. The lowest BCUT2D eigenvalue weighted by Crippen LogP contribution is -1.90. The quantitative estimate of drug-likeness (QED) is 0.798. The van der Waals surface area contributed by atoms with Crippen LogP contribution >= 0.6 is 27.7 Å². The number of aliphatic hydroxyl groups excluding tert-OH is 1. The molecule has 19 heavy (non-hydrogen) atoms. The molecule has 0 aliphatic rings. The van der Waals surface area contributed by atoms with Gasteiger partial charge in [0.15, 0.2) is 10.8 Å². The van der Waals surface area contributed by atoms with E-state index in [-0.39, 0.29) is 6.61 Å². The zero-order valence-electron chi connectivity index (χ0n) is 9.82. The molecule has 96 valence electrons. The summed E-state index contributed by atoms with van der Waals surface area (Å²) in [5.74, 6) is 0. The Labute approximate surface area is 122 Å². The minimum atomic E-state index is -0.00148. The second-order valence-corrected chi connectivity index (χ2v) is 5.85. The van der Waals surface area contributed by atoms with E-state index >= 15 is 0 Å². The van der Waals surface area contributed by atoms with E-state index in [2.05, 4.69) is 26.1 Å². The van der Waals surface area contributed by atoms with Crippen LogP contribution in [-0.4, -0.2) is 19.7 Å². The van der Waals surface area contributed by atoms with Gasteiger partial charge in [-0.1, -0.05) is 22.0 Å². The molecule has 0 spiro atoms. The van der Waals surface area contributed by atoms with Crippen molar-refractivity contribution in [3.05, 3.63) is 52.6 Å². The van der Waals surface area contributed by atoms with Crippen LogP contribution in [-0.2, 0) is 6.61 Å². The zero-order chi connectivity index (χ0) is 13.2. The van der Waals surface area contributed by atoms with Gasteiger partial charge in [-0.3, -0.25) is 4.40 Å². The van der Waals surface area contributed by atoms with Crippen LogP contribution < -0.4 is 0 Å². The normalized spacial score (nSPS) is 11.1. The highest BCUT2D eigenvalue weighted by atomic mass is 79.9. The average molecular weight is 336 g/mol. The zero-order valence-corrected chi connectivity index (χ0v) is 12.2. The number of nitrogens with zero attached hydrogens (tertiary/aromatic N) is 3. The number of aliphatic hydroxyl groups is 1. The van der Waals surface area contributed by atoms with E-state index in [4.69, 9.17) is 0 Å². The lowest BCUT2D eigenvalue weighted by atomic mass is 10.2. The SMILES string of the molecule is OCc1cc(Br)ccc1Sc1nnc2ccccn12. The first-order valence-electron chi connectivity index (χ1n) is 5.65. The number of aromatic nitrogens is 3. The summed E-state index contributed by atoms with van der Waals surface area (Å²) in [6, 6.07) is 11.6. The molecule has 3 rings (SSSR count). The Balaban J connectivity index is 2.01. The first kappa shape index (κ1) is 12.7. The average Bonchev–Trinajstić information content (AvgIpc) is 2.84. The van der Waals surface area contributed by atoms with Crippen molar-refractivity contribution < 1.29 is 5.11 Å². The fraction of sp³-hybridized carbons (Fsp3) is 0.0769. The topological polar surface area (TPSA) is 50.4 Å². The van der Waals surface area contributed by atoms with E-state index in [9.17, 15) is 5.11 Å². The van der Waals surface area contributed by atoms with Gasteiger partial charge in [-0.2, -0.15) is 0 Å². The molecule has 3 aromatic rings. The molecule has 0 saturated carbocycles. The summed E-state index contributed by atoms with van der Waals surface area (Å²) in [6.45, 7) is -0.00148. The second-order valence-electron chi connectivity index (χ2n) is 3.92. The molecule has 6 heteroatoms. The Morgan fingerprint density at radius 2 is 2.11 bits per heavy atom. The molecule has 0 saturated heterocycles. The van der Waals surface area contributed by atoms with Crippen molar-refractivity contribution in [1.29, 1.82) is 0 Å². The van der Waals surface area contributed by atoms with E-state index in [1.54, 1.807) is 0 Å². The van der Waals surface area contributed by atoms with Gasteiger partial charge in [0.05, 0.1) is 6.61 Å². The number of pyridine rings is 1. The molecule has 4 nitrogen and oxygen atoms in total. The Hall–Kier alpha value is -1.37. The Morgan fingerprint density at radius 3 is 2.95 bits per heavy atom. The molecule has 0 bridgehead atoms. The molecule has 0 radical (unpaired) electrons. The first-order chi connectivity index (χ1) is 9.28. The molecule has 2 aromatic heterocycles. The van der Waals surface area contributed by atoms with Crippen LogP contribution in [0.25, 0.3) is 5.65 Å². The van der Waals surface area contributed by atoms with E-state index in [1.807, 2.05) is 47.0 Å². The predicted octanol–water partition coefficient (Wildman–Crippen LogP) is 3.14. The number of hydrogen-bond acceptors (Lipinski definition) is 4. The van der Waals surface area contributed by atoms with Crippen LogP contribution in [0.15, 0.2) is 57.1 Å². The lowest BCUT2D eigenvalue weighted by Gasteiger charge is -2.06. The first-order valence-corrected chi connectivity index (χ1v) is 7.26. The number of benzene rings is 1. The van der Waals surface area contributed by atoms with Crippen molar-refractivity contribution in [2.75, 3.05) is 0 Å². The van der Waals surface area contributed by atoms with Crippen molar-refractivity contribution in [3.8, 4) is 0 Å². The summed E-state index contributed by atoms with van der Waals surface area (Å²) >= 11 is 4.89. The minimum absolute atomic E-state index is 0.00148. The fourth-order valence-electron chi connectivity index (χ4n) is 1.76. The van der Waals surface area contributed by atoms with Crippen molar-refractivity contribution >= 4 is 33.3 Å². The Bertz CT molecular complexity index is 729. The van der Waals surface area contributed by atoms with Gasteiger partial charge in [-0.25, -0.2) is 0 Å². The van der Waals surface area contributed by atoms with Crippen LogP contribution in [0.3, 0.4) is 0 Å². The summed E-state index contributed by atoms with van der Waals surface area (Å²) in [5, 5.41) is 18.5. The number of fused-ring (bicyclic) bond motifs is 1. The monoisotopic (exact) mass is 335 g/mol. The summed E-state index contributed by atoms with van der Waals surface area (Å²) < 4.78 is 2.88. The van der Waals surface area contributed by atoms with Gasteiger partial charge >= 0.3 is 0 Å². The lowest BCUT2D eigenvalue weighted by molar-refractivity contribution is 0.279. The molecular weight excluding hydrogens is 326 g/mol. The molecule has 1 N–H and O–H groups in total. The third kappa shape index (κ3) is 2.51. The molecule has 2 heterocycles. The standard InChI is InChI=1S/C13H10BrN3OS/c14-10-4-5-11(9(7-10)8-18)19-13-16-15-12-3-1-2-6-17(12)13/h1-7,18H,8H2. The van der Waals surface area contributed by atoms with Crippen LogP contribution in [0.2, 0.25) is 0 Å². The molecule has 0 aliphatic carbocycles. The minimum Gasteiger partial charge on any atom is -0.392 e. The Kier molecular flexibility index (Phi) is 3.54.